The van der Waals surface area contributed by atoms with Gasteiger partial charge in [0.15, 0.2) is 0 Å². The van der Waals surface area contributed by atoms with Gasteiger partial charge in [0.05, 0.1) is 5.71 Å². The summed E-state index contributed by atoms with van der Waals surface area (Å²) in [4.78, 5) is 0. The standard InChI is InChI=1S/C15H14FNO/c1-2-15(17-18)12-9-7-11(8-10-12)13-5-3-4-6-14(13)16/h3-10,18H,2H2,1H3. The molecule has 0 atom stereocenters. The molecule has 0 radical (unpaired) electrons. The van der Waals surface area contributed by atoms with Gasteiger partial charge in [-0.2, -0.15) is 0 Å². The number of benzene rings is 2. The van der Waals surface area contributed by atoms with Crippen molar-refractivity contribution in [1.82, 2.24) is 0 Å². The largest absolute Gasteiger partial charge is 0.411 e. The molecule has 2 aromatic rings. The van der Waals surface area contributed by atoms with Gasteiger partial charge in [-0.25, -0.2) is 4.39 Å². The maximum atomic E-state index is 13.6. The van der Waals surface area contributed by atoms with E-state index in [1.165, 1.54) is 6.07 Å². The van der Waals surface area contributed by atoms with Crippen molar-refractivity contribution in [2.75, 3.05) is 0 Å². The molecule has 0 bridgehead atoms. The first-order chi connectivity index (χ1) is 8.76. The molecule has 92 valence electrons. The fourth-order valence-electron chi connectivity index (χ4n) is 1.87. The molecule has 0 heterocycles. The van der Waals surface area contributed by atoms with Crippen LogP contribution in [0.15, 0.2) is 53.7 Å². The summed E-state index contributed by atoms with van der Waals surface area (Å²) in [7, 11) is 0. The van der Waals surface area contributed by atoms with Crippen molar-refractivity contribution >= 4 is 5.71 Å². The van der Waals surface area contributed by atoms with Crippen LogP contribution in [-0.2, 0) is 0 Å². The molecule has 0 aliphatic carbocycles. The SMILES string of the molecule is CCC(=NO)c1ccc(-c2ccccc2F)cc1. The van der Waals surface area contributed by atoms with E-state index in [-0.39, 0.29) is 5.82 Å². The molecule has 2 aromatic carbocycles. The quantitative estimate of drug-likeness (QED) is 0.491. The molecule has 2 rings (SSSR count). The van der Waals surface area contributed by atoms with Crippen molar-refractivity contribution in [3.8, 4) is 11.1 Å². The van der Waals surface area contributed by atoms with Gasteiger partial charge in [0.1, 0.15) is 5.82 Å². The van der Waals surface area contributed by atoms with Gasteiger partial charge in [-0.05, 0) is 23.6 Å². The van der Waals surface area contributed by atoms with E-state index in [2.05, 4.69) is 5.16 Å². The molecule has 0 spiro atoms. The van der Waals surface area contributed by atoms with Crippen LogP contribution in [0.2, 0.25) is 0 Å². The average Bonchev–Trinajstić information content (AvgIpc) is 2.42. The van der Waals surface area contributed by atoms with Crippen LogP contribution in [0, 0.1) is 5.82 Å². The highest BCUT2D eigenvalue weighted by atomic mass is 19.1. The highest BCUT2D eigenvalue weighted by molar-refractivity contribution is 6.00. The van der Waals surface area contributed by atoms with Gasteiger partial charge < -0.3 is 5.21 Å². The topological polar surface area (TPSA) is 32.6 Å². The van der Waals surface area contributed by atoms with E-state index in [1.807, 2.05) is 31.2 Å². The summed E-state index contributed by atoms with van der Waals surface area (Å²) in [6.45, 7) is 1.92. The van der Waals surface area contributed by atoms with Crippen molar-refractivity contribution in [2.24, 2.45) is 5.16 Å². The third kappa shape index (κ3) is 2.40. The van der Waals surface area contributed by atoms with Crippen molar-refractivity contribution < 1.29 is 9.60 Å². The van der Waals surface area contributed by atoms with Gasteiger partial charge in [0.2, 0.25) is 0 Å². The lowest BCUT2D eigenvalue weighted by Gasteiger charge is -2.05. The van der Waals surface area contributed by atoms with Crippen LogP contribution in [0.25, 0.3) is 11.1 Å². The van der Waals surface area contributed by atoms with Crippen molar-refractivity contribution in [2.45, 2.75) is 13.3 Å². The number of hydrogen-bond acceptors (Lipinski definition) is 2. The molecule has 2 nitrogen and oxygen atoms in total. The lowest BCUT2D eigenvalue weighted by molar-refractivity contribution is 0.318. The van der Waals surface area contributed by atoms with Crippen molar-refractivity contribution in [3.63, 3.8) is 0 Å². The Morgan fingerprint density at radius 1 is 1.11 bits per heavy atom. The summed E-state index contributed by atoms with van der Waals surface area (Å²) in [5.41, 5.74) is 2.85. The van der Waals surface area contributed by atoms with E-state index in [1.54, 1.807) is 18.2 Å². The normalized spacial score (nSPS) is 11.6. The van der Waals surface area contributed by atoms with Gasteiger partial charge in [0.25, 0.3) is 0 Å². The Balaban J connectivity index is 2.37. The first-order valence-corrected chi connectivity index (χ1v) is 5.82. The minimum absolute atomic E-state index is 0.239. The molecule has 0 aliphatic heterocycles. The fraction of sp³-hybridized carbons (Fsp3) is 0.133. The Bertz CT molecular complexity index is 561. The third-order valence-corrected chi connectivity index (χ3v) is 2.86. The van der Waals surface area contributed by atoms with Crippen LogP contribution in [0.5, 0.6) is 0 Å². The van der Waals surface area contributed by atoms with Gasteiger partial charge in [-0.1, -0.05) is 54.5 Å². The summed E-state index contributed by atoms with van der Waals surface area (Å²) in [6, 6.07) is 14.0. The third-order valence-electron chi connectivity index (χ3n) is 2.86. The van der Waals surface area contributed by atoms with Crippen LogP contribution < -0.4 is 0 Å². The average molecular weight is 243 g/mol. The fourth-order valence-corrected chi connectivity index (χ4v) is 1.87. The maximum Gasteiger partial charge on any atom is 0.131 e. The number of nitrogens with zero attached hydrogens (tertiary/aromatic N) is 1. The van der Waals surface area contributed by atoms with Crippen LogP contribution in [0.4, 0.5) is 4.39 Å². The highest BCUT2D eigenvalue weighted by Crippen LogP contribution is 2.23. The van der Waals surface area contributed by atoms with Crippen LogP contribution in [0.1, 0.15) is 18.9 Å². The maximum absolute atomic E-state index is 13.6. The molecule has 0 aliphatic rings. The number of hydrogen-bond donors (Lipinski definition) is 1. The second-order valence-electron chi connectivity index (χ2n) is 3.96. The molecule has 3 heteroatoms. The summed E-state index contributed by atoms with van der Waals surface area (Å²) in [6.07, 6.45) is 0.648. The smallest absolute Gasteiger partial charge is 0.131 e. The minimum atomic E-state index is -0.239. The van der Waals surface area contributed by atoms with Gasteiger partial charge in [0, 0.05) is 5.56 Å². The Labute approximate surface area is 105 Å². The first-order valence-electron chi connectivity index (χ1n) is 5.82. The van der Waals surface area contributed by atoms with E-state index in [4.69, 9.17) is 5.21 Å². The Kier molecular flexibility index (Phi) is 3.72. The number of rotatable bonds is 3. The van der Waals surface area contributed by atoms with Gasteiger partial charge in [-0.3, -0.25) is 0 Å². The molecule has 0 unspecified atom stereocenters. The molecule has 0 fully saturated rings. The van der Waals surface area contributed by atoms with Gasteiger partial charge >= 0.3 is 0 Å². The van der Waals surface area contributed by atoms with E-state index in [0.29, 0.717) is 17.7 Å². The zero-order valence-corrected chi connectivity index (χ0v) is 10.1. The summed E-state index contributed by atoms with van der Waals surface area (Å²) < 4.78 is 13.6. The summed E-state index contributed by atoms with van der Waals surface area (Å²) >= 11 is 0. The number of oxime groups is 1. The molecular formula is C15H14FNO. The summed E-state index contributed by atoms with van der Waals surface area (Å²) in [5, 5.41) is 12.1. The predicted molar refractivity (Wildman–Crippen MR) is 70.5 cm³/mol. The van der Waals surface area contributed by atoms with E-state index in [9.17, 15) is 4.39 Å². The van der Waals surface area contributed by atoms with Crippen molar-refractivity contribution in [3.05, 3.63) is 59.9 Å². The Morgan fingerprint density at radius 3 is 2.33 bits per heavy atom. The molecule has 18 heavy (non-hydrogen) atoms. The van der Waals surface area contributed by atoms with Crippen molar-refractivity contribution in [1.29, 1.82) is 0 Å². The second kappa shape index (κ2) is 5.45. The zero-order valence-electron chi connectivity index (χ0n) is 10.1. The monoisotopic (exact) mass is 243 g/mol. The minimum Gasteiger partial charge on any atom is -0.411 e. The lowest BCUT2D eigenvalue weighted by Crippen LogP contribution is -1.98. The van der Waals surface area contributed by atoms with Crippen LogP contribution in [-0.4, -0.2) is 10.9 Å². The molecule has 0 saturated carbocycles. The van der Waals surface area contributed by atoms with E-state index < -0.39 is 0 Å². The predicted octanol–water partition coefficient (Wildman–Crippen LogP) is 4.08. The molecule has 0 saturated heterocycles. The second-order valence-corrected chi connectivity index (χ2v) is 3.96. The highest BCUT2D eigenvalue weighted by Gasteiger charge is 2.05. The Hall–Kier alpha value is -2.16. The van der Waals surface area contributed by atoms with Gasteiger partial charge in [-0.15, -0.1) is 0 Å². The van der Waals surface area contributed by atoms with Crippen LogP contribution >= 0.6 is 0 Å². The molecule has 1 N–H and O–H groups in total. The molecule has 0 amide bonds. The Morgan fingerprint density at radius 2 is 1.78 bits per heavy atom. The molecule has 0 aromatic heterocycles. The first kappa shape index (κ1) is 12.3. The number of halogens is 1. The summed E-state index contributed by atoms with van der Waals surface area (Å²) in [5.74, 6) is -0.239. The lowest BCUT2D eigenvalue weighted by atomic mass is 10.0. The van der Waals surface area contributed by atoms with E-state index >= 15 is 0 Å². The molecular weight excluding hydrogens is 229 g/mol. The zero-order chi connectivity index (χ0) is 13.0. The van der Waals surface area contributed by atoms with Crippen LogP contribution in [0.3, 0.4) is 0 Å². The van der Waals surface area contributed by atoms with E-state index in [0.717, 1.165) is 11.1 Å².